The molecule has 0 unspecified atom stereocenters. The van der Waals surface area contributed by atoms with Gasteiger partial charge >= 0.3 is 89.3 Å². The van der Waals surface area contributed by atoms with Crippen LogP contribution in [0.1, 0.15) is 25.7 Å². The molecule has 66 valence electrons. The van der Waals surface area contributed by atoms with Crippen LogP contribution in [0.15, 0.2) is 0 Å². The summed E-state index contributed by atoms with van der Waals surface area (Å²) in [4.78, 5) is 0. The quantitative estimate of drug-likeness (QED) is 0.454. The Bertz CT molecular complexity index is 135. The summed E-state index contributed by atoms with van der Waals surface area (Å²) in [7, 11) is 0. The maximum atomic E-state index is 3.53. The molecule has 1 aliphatic heterocycles. The topological polar surface area (TPSA) is 12.0 Å². The number of alkyl halides is 1. The summed E-state index contributed by atoms with van der Waals surface area (Å²) in [6.45, 7) is 2.59. The summed E-state index contributed by atoms with van der Waals surface area (Å²) in [5.41, 5.74) is 0.786. The first-order chi connectivity index (χ1) is 5.35. The van der Waals surface area contributed by atoms with Gasteiger partial charge in [0, 0.05) is 0 Å². The first kappa shape index (κ1) is 8.99. The van der Waals surface area contributed by atoms with Crippen molar-refractivity contribution in [3.05, 3.63) is 0 Å². The number of halogens is 2. The van der Waals surface area contributed by atoms with Crippen LogP contribution in [0, 0.1) is 5.41 Å². The van der Waals surface area contributed by atoms with Crippen molar-refractivity contribution in [2.24, 2.45) is 5.41 Å². The van der Waals surface area contributed by atoms with Gasteiger partial charge in [0.2, 0.25) is 0 Å². The fraction of sp³-hybridized carbons (Fsp3) is 1.00. The molecule has 1 saturated heterocycles. The minimum atomic E-state index is 0.521. The Kier molecular flexibility index (Phi) is 2.99. The summed E-state index contributed by atoms with van der Waals surface area (Å²) in [5.74, 6) is 0. The molecule has 2 aliphatic rings. The van der Waals surface area contributed by atoms with Gasteiger partial charge in [-0.05, 0) is 0 Å². The van der Waals surface area contributed by atoms with E-state index in [0.717, 1.165) is 9.34 Å². The van der Waals surface area contributed by atoms with Crippen LogP contribution in [0.2, 0.25) is 0 Å². The molecule has 1 nitrogen and oxygen atoms in total. The molecule has 0 aromatic carbocycles. The second-order valence-corrected chi connectivity index (χ2v) is 9.26. The van der Waals surface area contributed by atoms with Gasteiger partial charge < -0.3 is 0 Å². The van der Waals surface area contributed by atoms with Crippen molar-refractivity contribution in [1.29, 1.82) is 0 Å². The Morgan fingerprint density at radius 3 is 2.82 bits per heavy atom. The van der Waals surface area contributed by atoms with Gasteiger partial charge in [-0.15, -0.1) is 0 Å². The molecular weight excluding hydrogens is 364 g/mol. The fourth-order valence-corrected chi connectivity index (χ4v) is 6.75. The zero-order valence-corrected chi connectivity index (χ0v) is 10.9. The molecule has 2 fully saturated rings. The maximum absolute atomic E-state index is 3.53. The Labute approximate surface area is 88.5 Å². The summed E-state index contributed by atoms with van der Waals surface area (Å²) in [5, 5.41) is 3.53. The Morgan fingerprint density at radius 2 is 2.27 bits per heavy atom. The zero-order valence-electron chi connectivity index (χ0n) is 6.58. The van der Waals surface area contributed by atoms with Crippen molar-refractivity contribution < 1.29 is 17.2 Å². The first-order valence-corrected chi connectivity index (χ1v) is 11.8. The van der Waals surface area contributed by atoms with Gasteiger partial charge in [0.15, 0.2) is 0 Å². The van der Waals surface area contributed by atoms with Crippen LogP contribution in [0.25, 0.3) is 0 Å². The summed E-state index contributed by atoms with van der Waals surface area (Å²) in [6.07, 6.45) is 6.04. The van der Waals surface area contributed by atoms with Gasteiger partial charge in [0.1, 0.15) is 0 Å². The third-order valence-electron chi connectivity index (χ3n) is 2.99. The molecular formula is C8H14I2N-. The summed E-state index contributed by atoms with van der Waals surface area (Å²) in [6, 6.07) is 0. The van der Waals surface area contributed by atoms with E-state index in [0.29, 0.717) is 17.2 Å². The third-order valence-corrected chi connectivity index (χ3v) is 9.00. The number of rotatable bonds is 1. The standard InChI is InChI=1S/C8H14I2N/c9-10-7-4-8(5-7)2-1-3-11-6-8/h7,11H,1-6H2/q-1. The van der Waals surface area contributed by atoms with Crippen molar-refractivity contribution in [3.63, 3.8) is 0 Å². The SMILES string of the molecule is I[I-]C1CC2(CCCNC2)C1. The minimum absolute atomic E-state index is 0.521. The summed E-state index contributed by atoms with van der Waals surface area (Å²) >= 11 is 3.15. The molecule has 1 aliphatic carbocycles. The predicted octanol–water partition coefficient (Wildman–Crippen LogP) is -1.04. The first-order valence-electron chi connectivity index (χ1n) is 4.30. The molecule has 0 atom stereocenters. The van der Waals surface area contributed by atoms with Crippen molar-refractivity contribution in [1.82, 2.24) is 5.32 Å². The Hall–Kier alpha value is 1.42. The van der Waals surface area contributed by atoms with Crippen LogP contribution >= 0.6 is 18.6 Å². The van der Waals surface area contributed by atoms with Crippen molar-refractivity contribution in [2.45, 2.75) is 29.6 Å². The van der Waals surface area contributed by atoms with Crippen LogP contribution in [0.3, 0.4) is 0 Å². The molecule has 0 aromatic rings. The fourth-order valence-electron chi connectivity index (χ4n) is 2.32. The second-order valence-electron chi connectivity index (χ2n) is 3.87. The average Bonchev–Trinajstić information content (AvgIpc) is 2.01. The van der Waals surface area contributed by atoms with E-state index >= 15 is 0 Å². The van der Waals surface area contributed by atoms with Gasteiger partial charge in [-0.1, -0.05) is 0 Å². The van der Waals surface area contributed by atoms with Gasteiger partial charge in [0.25, 0.3) is 0 Å². The number of hydrogen-bond acceptors (Lipinski definition) is 1. The normalized spacial score (nSPS) is 44.3. The number of nitrogens with one attached hydrogen (secondary N) is 1. The van der Waals surface area contributed by atoms with E-state index in [4.69, 9.17) is 0 Å². The van der Waals surface area contributed by atoms with Crippen LogP contribution < -0.4 is 22.5 Å². The van der Waals surface area contributed by atoms with Crippen molar-refractivity contribution in [2.75, 3.05) is 13.1 Å². The molecule has 2 rings (SSSR count). The molecule has 11 heavy (non-hydrogen) atoms. The molecule has 0 bridgehead atoms. The van der Waals surface area contributed by atoms with Crippen LogP contribution in [0.5, 0.6) is 0 Å². The second kappa shape index (κ2) is 3.65. The van der Waals surface area contributed by atoms with E-state index in [1.165, 1.54) is 25.9 Å². The van der Waals surface area contributed by atoms with E-state index in [1.54, 1.807) is 12.8 Å². The third kappa shape index (κ3) is 1.85. The van der Waals surface area contributed by atoms with Gasteiger partial charge in [-0.3, -0.25) is 0 Å². The monoisotopic (exact) mass is 378 g/mol. The van der Waals surface area contributed by atoms with Crippen molar-refractivity contribution >= 4 is 18.6 Å². The van der Waals surface area contributed by atoms with E-state index in [1.807, 2.05) is 0 Å². The zero-order chi connectivity index (χ0) is 7.73. The predicted molar refractivity (Wildman–Crippen MR) is 51.6 cm³/mol. The molecule has 0 aromatic heterocycles. The van der Waals surface area contributed by atoms with Crippen molar-refractivity contribution in [3.8, 4) is 0 Å². The molecule has 1 N–H and O–H groups in total. The van der Waals surface area contributed by atoms with Crippen LogP contribution in [-0.2, 0) is 0 Å². The average molecular weight is 378 g/mol. The van der Waals surface area contributed by atoms with E-state index in [2.05, 4.69) is 23.9 Å². The number of piperidine rings is 1. The van der Waals surface area contributed by atoms with Crippen LogP contribution in [0.4, 0.5) is 0 Å². The van der Waals surface area contributed by atoms with E-state index in [-0.39, 0.29) is 0 Å². The molecule has 3 heteroatoms. The molecule has 1 heterocycles. The van der Waals surface area contributed by atoms with Gasteiger partial charge in [0.05, 0.1) is 0 Å². The molecule has 1 saturated carbocycles. The van der Waals surface area contributed by atoms with Gasteiger partial charge in [-0.2, -0.15) is 0 Å². The molecule has 0 radical (unpaired) electrons. The Morgan fingerprint density at radius 1 is 1.45 bits per heavy atom. The van der Waals surface area contributed by atoms with Crippen LogP contribution in [-0.4, -0.2) is 17.0 Å². The Balaban J connectivity index is 1.84. The van der Waals surface area contributed by atoms with E-state index < -0.39 is 0 Å². The molecule has 0 amide bonds. The van der Waals surface area contributed by atoms with Gasteiger partial charge in [-0.25, -0.2) is 0 Å². The van der Waals surface area contributed by atoms with E-state index in [9.17, 15) is 0 Å². The molecule has 1 spiro atoms. The summed E-state index contributed by atoms with van der Waals surface area (Å²) < 4.78 is 1.16. The number of hydrogen-bond donors (Lipinski definition) is 1.